The van der Waals surface area contributed by atoms with Crippen molar-refractivity contribution in [3.8, 4) is 11.5 Å². The normalized spacial score (nSPS) is 15.0. The summed E-state index contributed by atoms with van der Waals surface area (Å²) in [5.41, 5.74) is 2.49. The molecule has 0 unspecified atom stereocenters. The van der Waals surface area contributed by atoms with E-state index in [1.165, 1.54) is 17.1 Å². The van der Waals surface area contributed by atoms with Crippen LogP contribution in [0.15, 0.2) is 48.5 Å². The van der Waals surface area contributed by atoms with Crippen molar-refractivity contribution < 1.29 is 9.47 Å². The fraction of sp³-hybridized carbons (Fsp3) is 0.333. The van der Waals surface area contributed by atoms with Crippen LogP contribution in [-0.2, 0) is 6.61 Å². The van der Waals surface area contributed by atoms with Crippen LogP contribution in [-0.4, -0.2) is 18.1 Å². The maximum Gasteiger partial charge on any atom is 0.161 e. The van der Waals surface area contributed by atoms with E-state index in [2.05, 4.69) is 24.3 Å². The van der Waals surface area contributed by atoms with Crippen molar-refractivity contribution in [1.29, 1.82) is 0 Å². The van der Waals surface area contributed by atoms with Crippen molar-refractivity contribution in [1.82, 2.24) is 0 Å². The Labute approximate surface area is 140 Å². The number of thioether (sulfide) groups is 2. The molecule has 1 saturated heterocycles. The molecule has 22 heavy (non-hydrogen) atoms. The first-order chi connectivity index (χ1) is 10.9. The molecule has 1 aliphatic heterocycles. The van der Waals surface area contributed by atoms with Crippen LogP contribution in [0.2, 0.25) is 0 Å². The van der Waals surface area contributed by atoms with E-state index in [0.29, 0.717) is 17.8 Å². The second-order valence-electron chi connectivity index (χ2n) is 4.99. The number of benzene rings is 2. The predicted octanol–water partition coefficient (Wildman–Crippen LogP) is 5.14. The van der Waals surface area contributed by atoms with E-state index in [1.54, 1.807) is 0 Å². The Bertz CT molecular complexity index is 595. The summed E-state index contributed by atoms with van der Waals surface area (Å²) >= 11 is 4.01. The molecule has 116 valence electrons. The molecule has 0 aromatic heterocycles. The summed E-state index contributed by atoms with van der Waals surface area (Å²) in [5.74, 6) is 4.13. The minimum absolute atomic E-state index is 0.530. The number of rotatable bonds is 6. The molecule has 2 nitrogen and oxygen atoms in total. The Morgan fingerprint density at radius 2 is 1.73 bits per heavy atom. The molecule has 1 fully saturated rings. The molecule has 1 heterocycles. The minimum atomic E-state index is 0.530. The van der Waals surface area contributed by atoms with Crippen LogP contribution >= 0.6 is 23.5 Å². The topological polar surface area (TPSA) is 18.5 Å². The monoisotopic (exact) mass is 332 g/mol. The molecule has 0 N–H and O–H groups in total. The van der Waals surface area contributed by atoms with E-state index in [-0.39, 0.29) is 0 Å². The summed E-state index contributed by atoms with van der Waals surface area (Å²) in [5, 5.41) is 0. The molecule has 0 atom stereocenters. The Hall–Kier alpha value is -1.26. The standard InChI is InChI=1S/C18H20O2S2/c1-2-19-17-12-15(18-21-10-11-22-18)8-9-16(17)20-13-14-6-4-3-5-7-14/h3-9,12,18H,2,10-11,13H2,1H3. The SMILES string of the molecule is CCOc1cc(C2SCCS2)ccc1OCc1ccccc1. The third kappa shape index (κ3) is 3.93. The van der Waals surface area contributed by atoms with Crippen molar-refractivity contribution in [2.24, 2.45) is 0 Å². The van der Waals surface area contributed by atoms with Gasteiger partial charge in [0.1, 0.15) is 6.61 Å². The van der Waals surface area contributed by atoms with Gasteiger partial charge in [-0.05, 0) is 30.2 Å². The van der Waals surface area contributed by atoms with Crippen molar-refractivity contribution in [3.63, 3.8) is 0 Å². The smallest absolute Gasteiger partial charge is 0.161 e. The van der Waals surface area contributed by atoms with Crippen molar-refractivity contribution in [2.75, 3.05) is 18.1 Å². The van der Waals surface area contributed by atoms with Gasteiger partial charge in [0, 0.05) is 11.5 Å². The maximum absolute atomic E-state index is 5.95. The van der Waals surface area contributed by atoms with Gasteiger partial charge in [-0.1, -0.05) is 36.4 Å². The Balaban J connectivity index is 1.74. The van der Waals surface area contributed by atoms with Crippen LogP contribution in [0.25, 0.3) is 0 Å². The third-order valence-electron chi connectivity index (χ3n) is 3.40. The van der Waals surface area contributed by atoms with E-state index in [1.807, 2.05) is 54.7 Å². The minimum Gasteiger partial charge on any atom is -0.490 e. The average molecular weight is 332 g/mol. The van der Waals surface area contributed by atoms with Gasteiger partial charge in [0.25, 0.3) is 0 Å². The highest BCUT2D eigenvalue weighted by atomic mass is 32.2. The van der Waals surface area contributed by atoms with Crippen molar-refractivity contribution in [3.05, 3.63) is 59.7 Å². The molecule has 4 heteroatoms. The summed E-state index contributed by atoms with van der Waals surface area (Å²) in [4.78, 5) is 0. The van der Waals surface area contributed by atoms with Crippen molar-refractivity contribution in [2.45, 2.75) is 18.1 Å². The predicted molar refractivity (Wildman–Crippen MR) is 96.0 cm³/mol. The Kier molecular flexibility index (Phi) is 5.57. The summed E-state index contributed by atoms with van der Waals surface area (Å²) in [7, 11) is 0. The molecule has 0 saturated carbocycles. The van der Waals surface area contributed by atoms with E-state index >= 15 is 0 Å². The van der Waals surface area contributed by atoms with Gasteiger partial charge in [0.05, 0.1) is 11.2 Å². The Morgan fingerprint density at radius 3 is 2.45 bits per heavy atom. The number of ether oxygens (including phenoxy) is 2. The molecule has 2 aromatic carbocycles. The third-order valence-corrected chi connectivity index (χ3v) is 6.50. The summed E-state index contributed by atoms with van der Waals surface area (Å²) in [6.45, 7) is 3.22. The van der Waals surface area contributed by atoms with Gasteiger partial charge in [0.2, 0.25) is 0 Å². The highest BCUT2D eigenvalue weighted by Gasteiger charge is 2.20. The van der Waals surface area contributed by atoms with Crippen molar-refractivity contribution >= 4 is 23.5 Å². The fourth-order valence-electron chi connectivity index (χ4n) is 2.34. The van der Waals surface area contributed by atoms with Crippen LogP contribution in [0, 0.1) is 0 Å². The Morgan fingerprint density at radius 1 is 0.955 bits per heavy atom. The lowest BCUT2D eigenvalue weighted by molar-refractivity contribution is 0.269. The fourth-order valence-corrected chi connectivity index (χ4v) is 5.18. The lowest BCUT2D eigenvalue weighted by Gasteiger charge is -2.15. The highest BCUT2D eigenvalue weighted by Crippen LogP contribution is 2.47. The summed E-state index contributed by atoms with van der Waals surface area (Å²) < 4.78 is 12.3. The lowest BCUT2D eigenvalue weighted by Crippen LogP contribution is -2.00. The highest BCUT2D eigenvalue weighted by molar-refractivity contribution is 8.19. The van der Waals surface area contributed by atoms with Crippen LogP contribution in [0.5, 0.6) is 11.5 Å². The van der Waals surface area contributed by atoms with Gasteiger partial charge in [-0.25, -0.2) is 0 Å². The molecule has 2 aromatic rings. The number of hydrogen-bond donors (Lipinski definition) is 0. The molecule has 0 amide bonds. The molecule has 0 aliphatic carbocycles. The van der Waals surface area contributed by atoms with Crippen LogP contribution in [0.1, 0.15) is 22.6 Å². The average Bonchev–Trinajstić information content (AvgIpc) is 3.09. The van der Waals surface area contributed by atoms with Gasteiger partial charge < -0.3 is 9.47 Å². The van der Waals surface area contributed by atoms with Gasteiger partial charge in [-0.3, -0.25) is 0 Å². The molecular formula is C18H20O2S2. The first-order valence-corrected chi connectivity index (χ1v) is 9.63. The zero-order valence-electron chi connectivity index (χ0n) is 12.7. The largest absolute Gasteiger partial charge is 0.490 e. The zero-order chi connectivity index (χ0) is 15.2. The maximum atomic E-state index is 5.95. The van der Waals surface area contributed by atoms with Gasteiger partial charge in [0.15, 0.2) is 11.5 Å². The second kappa shape index (κ2) is 7.84. The van der Waals surface area contributed by atoms with E-state index in [9.17, 15) is 0 Å². The van der Waals surface area contributed by atoms with Crippen LogP contribution in [0.3, 0.4) is 0 Å². The first kappa shape index (κ1) is 15.6. The summed E-state index contributed by atoms with van der Waals surface area (Å²) in [6.07, 6.45) is 0. The molecular weight excluding hydrogens is 312 g/mol. The van der Waals surface area contributed by atoms with Crippen LogP contribution in [0.4, 0.5) is 0 Å². The van der Waals surface area contributed by atoms with E-state index < -0.39 is 0 Å². The van der Waals surface area contributed by atoms with E-state index in [4.69, 9.17) is 9.47 Å². The van der Waals surface area contributed by atoms with Gasteiger partial charge in [-0.15, -0.1) is 23.5 Å². The molecule has 1 aliphatic rings. The lowest BCUT2D eigenvalue weighted by atomic mass is 10.2. The first-order valence-electron chi connectivity index (χ1n) is 7.53. The molecule has 0 radical (unpaired) electrons. The molecule has 0 bridgehead atoms. The van der Waals surface area contributed by atoms with Gasteiger partial charge in [-0.2, -0.15) is 0 Å². The second-order valence-corrected chi connectivity index (χ2v) is 7.71. The molecule has 3 rings (SSSR count). The summed E-state index contributed by atoms with van der Waals surface area (Å²) in [6, 6.07) is 16.6. The zero-order valence-corrected chi connectivity index (χ0v) is 14.3. The van der Waals surface area contributed by atoms with Gasteiger partial charge >= 0.3 is 0 Å². The molecule has 0 spiro atoms. The number of hydrogen-bond acceptors (Lipinski definition) is 4. The van der Waals surface area contributed by atoms with Crippen LogP contribution < -0.4 is 9.47 Å². The quantitative estimate of drug-likeness (QED) is 0.728. The van der Waals surface area contributed by atoms with E-state index in [0.717, 1.165) is 17.1 Å².